The van der Waals surface area contributed by atoms with Crippen molar-refractivity contribution in [1.29, 1.82) is 0 Å². The van der Waals surface area contributed by atoms with E-state index in [-0.39, 0.29) is 12.3 Å². The Morgan fingerprint density at radius 2 is 2.07 bits per heavy atom. The molecule has 0 aliphatic heterocycles. The van der Waals surface area contributed by atoms with Crippen LogP contribution in [0.15, 0.2) is 48.0 Å². The summed E-state index contributed by atoms with van der Waals surface area (Å²) in [5.41, 5.74) is 2.56. The van der Waals surface area contributed by atoms with E-state index in [0.29, 0.717) is 13.0 Å². The molecule has 0 saturated carbocycles. The van der Waals surface area contributed by atoms with Gasteiger partial charge in [-0.3, -0.25) is 9.78 Å². The number of carbonyl (C=O) groups excluding carboxylic acids is 1. The predicted octanol–water partition coefficient (Wildman–Crippen LogP) is 3.12. The predicted molar refractivity (Wildman–Crippen MR) is 105 cm³/mol. The van der Waals surface area contributed by atoms with Crippen LogP contribution in [0.2, 0.25) is 0 Å². The van der Waals surface area contributed by atoms with Gasteiger partial charge in [-0.15, -0.1) is 11.3 Å². The van der Waals surface area contributed by atoms with Crippen molar-refractivity contribution in [2.75, 3.05) is 20.8 Å². The van der Waals surface area contributed by atoms with E-state index in [4.69, 9.17) is 9.47 Å². The SMILES string of the molecule is COc1ccc(OC)c(CCNC(=O)Cc2csc(-c3ccccn3)n2)c1. The Kier molecular flexibility index (Phi) is 6.38. The number of methoxy groups -OCH3 is 2. The van der Waals surface area contributed by atoms with E-state index in [9.17, 15) is 4.79 Å². The van der Waals surface area contributed by atoms with Crippen LogP contribution in [0.25, 0.3) is 10.7 Å². The molecule has 0 aliphatic rings. The van der Waals surface area contributed by atoms with Crippen molar-refractivity contribution in [1.82, 2.24) is 15.3 Å². The molecule has 6 nitrogen and oxygen atoms in total. The molecule has 2 heterocycles. The van der Waals surface area contributed by atoms with Crippen LogP contribution in [-0.2, 0) is 17.6 Å². The fourth-order valence-electron chi connectivity index (χ4n) is 2.64. The van der Waals surface area contributed by atoms with Gasteiger partial charge in [0.15, 0.2) is 0 Å². The second-order valence-corrected chi connectivity index (χ2v) is 6.67. The van der Waals surface area contributed by atoms with Gasteiger partial charge in [-0.25, -0.2) is 4.98 Å². The topological polar surface area (TPSA) is 73.3 Å². The molecule has 3 aromatic rings. The van der Waals surface area contributed by atoms with Crippen molar-refractivity contribution < 1.29 is 14.3 Å². The summed E-state index contributed by atoms with van der Waals surface area (Å²) >= 11 is 1.49. The van der Waals surface area contributed by atoms with Gasteiger partial charge in [-0.05, 0) is 42.3 Å². The maximum absolute atomic E-state index is 12.2. The minimum absolute atomic E-state index is 0.0604. The van der Waals surface area contributed by atoms with E-state index < -0.39 is 0 Å². The first-order valence-corrected chi connectivity index (χ1v) is 9.41. The zero-order valence-electron chi connectivity index (χ0n) is 15.3. The van der Waals surface area contributed by atoms with Crippen LogP contribution in [0.3, 0.4) is 0 Å². The van der Waals surface area contributed by atoms with Crippen LogP contribution in [0.4, 0.5) is 0 Å². The molecule has 140 valence electrons. The summed E-state index contributed by atoms with van der Waals surface area (Å²) in [6.45, 7) is 0.513. The second-order valence-electron chi connectivity index (χ2n) is 5.81. The lowest BCUT2D eigenvalue weighted by Gasteiger charge is -2.11. The number of ether oxygens (including phenoxy) is 2. The summed E-state index contributed by atoms with van der Waals surface area (Å²) in [7, 11) is 3.26. The summed E-state index contributed by atoms with van der Waals surface area (Å²) in [5.74, 6) is 1.49. The van der Waals surface area contributed by atoms with Crippen LogP contribution >= 0.6 is 11.3 Å². The summed E-state index contributed by atoms with van der Waals surface area (Å²) in [5, 5.41) is 5.65. The van der Waals surface area contributed by atoms with Crippen LogP contribution in [0.5, 0.6) is 11.5 Å². The first-order valence-electron chi connectivity index (χ1n) is 8.53. The van der Waals surface area contributed by atoms with Gasteiger partial charge in [0.05, 0.1) is 32.0 Å². The third-order valence-electron chi connectivity index (χ3n) is 3.98. The highest BCUT2D eigenvalue weighted by Crippen LogP contribution is 2.24. The quantitative estimate of drug-likeness (QED) is 0.647. The Hall–Kier alpha value is -2.93. The highest BCUT2D eigenvalue weighted by molar-refractivity contribution is 7.13. The minimum atomic E-state index is -0.0604. The fourth-order valence-corrected chi connectivity index (χ4v) is 3.43. The van der Waals surface area contributed by atoms with Gasteiger partial charge in [-0.2, -0.15) is 0 Å². The molecule has 3 rings (SSSR count). The van der Waals surface area contributed by atoms with Crippen molar-refractivity contribution in [3.8, 4) is 22.2 Å². The number of hydrogen-bond donors (Lipinski definition) is 1. The Morgan fingerprint density at radius 1 is 1.19 bits per heavy atom. The lowest BCUT2D eigenvalue weighted by atomic mass is 10.1. The maximum atomic E-state index is 12.2. The van der Waals surface area contributed by atoms with E-state index in [1.807, 2.05) is 41.8 Å². The van der Waals surface area contributed by atoms with Crippen LogP contribution < -0.4 is 14.8 Å². The lowest BCUT2D eigenvalue weighted by Crippen LogP contribution is -2.27. The molecule has 27 heavy (non-hydrogen) atoms. The van der Waals surface area contributed by atoms with E-state index in [2.05, 4.69) is 15.3 Å². The third kappa shape index (κ3) is 5.04. The Balaban J connectivity index is 1.53. The molecule has 0 spiro atoms. The van der Waals surface area contributed by atoms with Gasteiger partial charge in [0.1, 0.15) is 16.5 Å². The Morgan fingerprint density at radius 3 is 2.81 bits per heavy atom. The number of nitrogens with zero attached hydrogens (tertiary/aromatic N) is 2. The molecule has 0 fully saturated rings. The Labute approximate surface area is 162 Å². The first-order chi connectivity index (χ1) is 13.2. The van der Waals surface area contributed by atoms with Gasteiger partial charge in [0.25, 0.3) is 0 Å². The number of nitrogens with one attached hydrogen (secondary N) is 1. The molecule has 0 saturated heterocycles. The highest BCUT2D eigenvalue weighted by Gasteiger charge is 2.10. The van der Waals surface area contributed by atoms with Crippen molar-refractivity contribution in [3.05, 3.63) is 59.2 Å². The standard InChI is InChI=1S/C20H21N3O3S/c1-25-16-6-7-18(26-2)14(11-16)8-10-22-19(24)12-15-13-27-20(23-15)17-5-3-4-9-21-17/h3-7,9,11,13H,8,10,12H2,1-2H3,(H,22,24). The molecule has 0 radical (unpaired) electrons. The normalized spacial score (nSPS) is 10.4. The number of amides is 1. The average molecular weight is 383 g/mol. The van der Waals surface area contributed by atoms with Crippen molar-refractivity contribution >= 4 is 17.2 Å². The number of carbonyl (C=O) groups is 1. The van der Waals surface area contributed by atoms with E-state index in [1.54, 1.807) is 20.4 Å². The Bertz CT molecular complexity index is 896. The first kappa shape index (κ1) is 18.8. The molecule has 1 aromatic carbocycles. The van der Waals surface area contributed by atoms with Crippen LogP contribution in [-0.4, -0.2) is 36.6 Å². The monoisotopic (exact) mass is 383 g/mol. The summed E-state index contributed by atoms with van der Waals surface area (Å²) < 4.78 is 10.6. The number of hydrogen-bond acceptors (Lipinski definition) is 6. The van der Waals surface area contributed by atoms with Crippen molar-refractivity contribution in [3.63, 3.8) is 0 Å². The second kappa shape index (κ2) is 9.14. The van der Waals surface area contributed by atoms with Gasteiger partial charge in [-0.1, -0.05) is 6.07 Å². The van der Waals surface area contributed by atoms with E-state index >= 15 is 0 Å². The highest BCUT2D eigenvalue weighted by atomic mass is 32.1. The minimum Gasteiger partial charge on any atom is -0.497 e. The molecule has 1 amide bonds. The lowest BCUT2D eigenvalue weighted by molar-refractivity contribution is -0.120. The third-order valence-corrected chi connectivity index (χ3v) is 4.90. The van der Waals surface area contributed by atoms with Crippen LogP contribution in [0, 0.1) is 0 Å². The van der Waals surface area contributed by atoms with E-state index in [0.717, 1.165) is 33.5 Å². The number of pyridine rings is 1. The summed E-state index contributed by atoms with van der Waals surface area (Å²) in [4.78, 5) is 21.0. The molecule has 7 heteroatoms. The number of thiazole rings is 1. The van der Waals surface area contributed by atoms with Gasteiger partial charge < -0.3 is 14.8 Å². The summed E-state index contributed by atoms with van der Waals surface area (Å²) in [6.07, 6.45) is 2.64. The molecule has 2 aromatic heterocycles. The molecule has 0 atom stereocenters. The number of benzene rings is 1. The zero-order chi connectivity index (χ0) is 19.1. The van der Waals surface area contributed by atoms with Gasteiger partial charge >= 0.3 is 0 Å². The molecule has 0 unspecified atom stereocenters. The molecular formula is C20H21N3O3S. The average Bonchev–Trinajstić information content (AvgIpc) is 3.17. The van der Waals surface area contributed by atoms with Crippen LogP contribution in [0.1, 0.15) is 11.3 Å². The summed E-state index contributed by atoms with van der Waals surface area (Å²) in [6, 6.07) is 11.3. The van der Waals surface area contributed by atoms with Gasteiger partial charge in [0.2, 0.25) is 5.91 Å². The van der Waals surface area contributed by atoms with Gasteiger partial charge in [0, 0.05) is 18.1 Å². The molecule has 1 N–H and O–H groups in total. The molecule has 0 aliphatic carbocycles. The largest absolute Gasteiger partial charge is 0.497 e. The van der Waals surface area contributed by atoms with Crippen molar-refractivity contribution in [2.45, 2.75) is 12.8 Å². The molecular weight excluding hydrogens is 362 g/mol. The van der Waals surface area contributed by atoms with Crippen molar-refractivity contribution in [2.24, 2.45) is 0 Å². The fraction of sp³-hybridized carbons (Fsp3) is 0.250. The molecule has 0 bridgehead atoms. The number of aromatic nitrogens is 2. The smallest absolute Gasteiger partial charge is 0.226 e. The maximum Gasteiger partial charge on any atom is 0.226 e. The number of rotatable bonds is 8. The zero-order valence-corrected chi connectivity index (χ0v) is 16.1. The van der Waals surface area contributed by atoms with E-state index in [1.165, 1.54) is 11.3 Å².